The lowest BCUT2D eigenvalue weighted by atomic mass is 9.78. The molecule has 1 saturated carbocycles. The second kappa shape index (κ2) is 6.35. The molecular formula is C16H24O2. The fourth-order valence-electron chi connectivity index (χ4n) is 3.03. The Morgan fingerprint density at radius 2 is 1.83 bits per heavy atom. The number of rotatable bonds is 5. The second-order valence-corrected chi connectivity index (χ2v) is 5.26. The van der Waals surface area contributed by atoms with Gasteiger partial charge >= 0.3 is 0 Å². The van der Waals surface area contributed by atoms with Gasteiger partial charge in [0.2, 0.25) is 0 Å². The van der Waals surface area contributed by atoms with Gasteiger partial charge in [-0.05, 0) is 25.3 Å². The van der Waals surface area contributed by atoms with Crippen LogP contribution in [0.5, 0.6) is 0 Å². The number of aliphatic hydroxyl groups excluding tert-OH is 1. The third kappa shape index (κ3) is 3.12. The lowest BCUT2D eigenvalue weighted by molar-refractivity contribution is -0.138. The van der Waals surface area contributed by atoms with Crippen LogP contribution in [0, 0.1) is 0 Å². The van der Waals surface area contributed by atoms with Gasteiger partial charge in [0.25, 0.3) is 0 Å². The average molecular weight is 248 g/mol. The molecule has 0 bridgehead atoms. The minimum absolute atomic E-state index is 0.303. The third-order valence-electron chi connectivity index (χ3n) is 4.01. The number of hydrogen-bond acceptors (Lipinski definition) is 2. The molecule has 1 aliphatic rings. The molecule has 100 valence electrons. The Morgan fingerprint density at radius 3 is 2.44 bits per heavy atom. The van der Waals surface area contributed by atoms with E-state index in [1.807, 2.05) is 25.1 Å². The summed E-state index contributed by atoms with van der Waals surface area (Å²) in [6.45, 7) is 2.71. The minimum Gasteiger partial charge on any atom is -0.390 e. The van der Waals surface area contributed by atoms with Crippen molar-refractivity contribution < 1.29 is 9.84 Å². The molecule has 0 radical (unpaired) electrons. The number of aliphatic hydroxyl groups is 1. The first-order valence-corrected chi connectivity index (χ1v) is 7.13. The summed E-state index contributed by atoms with van der Waals surface area (Å²) >= 11 is 0. The van der Waals surface area contributed by atoms with Crippen molar-refractivity contribution in [2.24, 2.45) is 0 Å². The van der Waals surface area contributed by atoms with Crippen LogP contribution in [-0.4, -0.2) is 23.4 Å². The molecule has 1 aromatic carbocycles. The van der Waals surface area contributed by atoms with Gasteiger partial charge in [-0.15, -0.1) is 0 Å². The summed E-state index contributed by atoms with van der Waals surface area (Å²) in [6.07, 6.45) is 5.91. The molecule has 1 aromatic rings. The minimum atomic E-state index is -0.389. The maximum absolute atomic E-state index is 10.6. The Balaban J connectivity index is 2.05. The first-order chi connectivity index (χ1) is 8.77. The smallest absolute Gasteiger partial charge is 0.0943 e. The van der Waals surface area contributed by atoms with E-state index in [1.54, 1.807) is 0 Å². The Bertz CT molecular complexity index is 336. The summed E-state index contributed by atoms with van der Waals surface area (Å²) in [7, 11) is 0. The van der Waals surface area contributed by atoms with Crippen LogP contribution in [0.3, 0.4) is 0 Å². The van der Waals surface area contributed by atoms with Crippen molar-refractivity contribution in [1.82, 2.24) is 0 Å². The van der Waals surface area contributed by atoms with Gasteiger partial charge in [0.15, 0.2) is 0 Å². The van der Waals surface area contributed by atoms with Gasteiger partial charge in [-0.2, -0.15) is 0 Å². The molecular weight excluding hydrogens is 224 g/mol. The van der Waals surface area contributed by atoms with E-state index in [1.165, 1.54) is 24.8 Å². The maximum Gasteiger partial charge on any atom is 0.0943 e. The lowest BCUT2D eigenvalue weighted by Crippen LogP contribution is -2.47. The van der Waals surface area contributed by atoms with Gasteiger partial charge < -0.3 is 9.84 Å². The van der Waals surface area contributed by atoms with Crippen molar-refractivity contribution in [2.45, 2.75) is 57.2 Å². The zero-order valence-corrected chi connectivity index (χ0v) is 11.3. The first kappa shape index (κ1) is 13.6. The first-order valence-electron chi connectivity index (χ1n) is 7.13. The highest BCUT2D eigenvalue weighted by atomic mass is 16.5. The molecule has 0 spiro atoms. The standard InChI is InChI=1S/C16H24O2/c1-2-18-16(11-7-4-8-12-16)15(17)13-14-9-5-3-6-10-14/h3,5-6,9-10,15,17H,2,4,7-8,11-13H2,1H3. The summed E-state index contributed by atoms with van der Waals surface area (Å²) in [4.78, 5) is 0. The highest BCUT2D eigenvalue weighted by Crippen LogP contribution is 2.35. The zero-order chi connectivity index (χ0) is 12.8. The van der Waals surface area contributed by atoms with E-state index in [4.69, 9.17) is 4.74 Å². The summed E-state index contributed by atoms with van der Waals surface area (Å²) < 4.78 is 5.95. The van der Waals surface area contributed by atoms with E-state index in [0.717, 1.165) is 12.8 Å². The van der Waals surface area contributed by atoms with Crippen molar-refractivity contribution in [2.75, 3.05) is 6.61 Å². The van der Waals surface area contributed by atoms with Gasteiger partial charge in [-0.1, -0.05) is 49.6 Å². The molecule has 1 aliphatic carbocycles. The highest BCUT2D eigenvalue weighted by molar-refractivity contribution is 5.16. The molecule has 0 amide bonds. The van der Waals surface area contributed by atoms with Crippen LogP contribution in [0.2, 0.25) is 0 Å². The van der Waals surface area contributed by atoms with Crippen molar-refractivity contribution in [3.63, 3.8) is 0 Å². The van der Waals surface area contributed by atoms with Crippen LogP contribution in [-0.2, 0) is 11.2 Å². The second-order valence-electron chi connectivity index (χ2n) is 5.26. The molecule has 0 heterocycles. The van der Waals surface area contributed by atoms with Crippen LogP contribution in [0.15, 0.2) is 30.3 Å². The highest BCUT2D eigenvalue weighted by Gasteiger charge is 2.39. The number of ether oxygens (including phenoxy) is 1. The molecule has 0 aromatic heterocycles. The molecule has 1 fully saturated rings. The van der Waals surface area contributed by atoms with Crippen LogP contribution in [0.25, 0.3) is 0 Å². The number of hydrogen-bond donors (Lipinski definition) is 1. The molecule has 18 heavy (non-hydrogen) atoms. The average Bonchev–Trinajstić information content (AvgIpc) is 2.41. The maximum atomic E-state index is 10.6. The molecule has 1 N–H and O–H groups in total. The predicted molar refractivity (Wildman–Crippen MR) is 73.6 cm³/mol. The van der Waals surface area contributed by atoms with Crippen molar-refractivity contribution in [3.8, 4) is 0 Å². The third-order valence-corrected chi connectivity index (χ3v) is 4.01. The molecule has 0 aliphatic heterocycles. The van der Waals surface area contributed by atoms with Gasteiger partial charge in [0.1, 0.15) is 0 Å². The van der Waals surface area contributed by atoms with E-state index < -0.39 is 0 Å². The van der Waals surface area contributed by atoms with E-state index in [0.29, 0.717) is 13.0 Å². The van der Waals surface area contributed by atoms with Crippen LogP contribution in [0.1, 0.15) is 44.6 Å². The topological polar surface area (TPSA) is 29.5 Å². The van der Waals surface area contributed by atoms with Gasteiger partial charge in [-0.25, -0.2) is 0 Å². The summed E-state index contributed by atoms with van der Waals surface area (Å²) in [5.41, 5.74) is 0.887. The van der Waals surface area contributed by atoms with Crippen LogP contribution >= 0.6 is 0 Å². The quantitative estimate of drug-likeness (QED) is 0.866. The largest absolute Gasteiger partial charge is 0.390 e. The monoisotopic (exact) mass is 248 g/mol. The normalized spacial score (nSPS) is 20.6. The zero-order valence-electron chi connectivity index (χ0n) is 11.3. The lowest BCUT2D eigenvalue weighted by Gasteiger charge is -2.41. The molecule has 2 heteroatoms. The summed E-state index contributed by atoms with van der Waals surface area (Å²) in [5, 5.41) is 10.6. The Labute approximate surface area is 110 Å². The molecule has 2 nitrogen and oxygen atoms in total. The van der Waals surface area contributed by atoms with Crippen LogP contribution in [0.4, 0.5) is 0 Å². The number of benzene rings is 1. The van der Waals surface area contributed by atoms with E-state index in [2.05, 4.69) is 12.1 Å². The summed E-state index contributed by atoms with van der Waals surface area (Å²) in [6, 6.07) is 10.2. The van der Waals surface area contributed by atoms with Crippen LogP contribution < -0.4 is 0 Å². The SMILES string of the molecule is CCOC1(C(O)Cc2ccccc2)CCCCC1. The molecule has 1 atom stereocenters. The van der Waals surface area contributed by atoms with E-state index in [-0.39, 0.29) is 11.7 Å². The van der Waals surface area contributed by atoms with Gasteiger partial charge in [0, 0.05) is 13.0 Å². The van der Waals surface area contributed by atoms with Crippen molar-refractivity contribution in [1.29, 1.82) is 0 Å². The molecule has 2 rings (SSSR count). The van der Waals surface area contributed by atoms with Gasteiger partial charge in [-0.3, -0.25) is 0 Å². The fraction of sp³-hybridized carbons (Fsp3) is 0.625. The molecule has 0 saturated heterocycles. The molecule has 1 unspecified atom stereocenters. The van der Waals surface area contributed by atoms with Crippen molar-refractivity contribution in [3.05, 3.63) is 35.9 Å². The fourth-order valence-corrected chi connectivity index (χ4v) is 3.03. The Morgan fingerprint density at radius 1 is 1.17 bits per heavy atom. The van der Waals surface area contributed by atoms with Gasteiger partial charge in [0.05, 0.1) is 11.7 Å². The summed E-state index contributed by atoms with van der Waals surface area (Å²) in [5.74, 6) is 0. The van der Waals surface area contributed by atoms with E-state index in [9.17, 15) is 5.11 Å². The predicted octanol–water partition coefficient (Wildman–Crippen LogP) is 3.33. The Kier molecular flexibility index (Phi) is 4.79. The van der Waals surface area contributed by atoms with Crippen molar-refractivity contribution >= 4 is 0 Å². The Hall–Kier alpha value is -0.860. The van der Waals surface area contributed by atoms with E-state index >= 15 is 0 Å².